The van der Waals surface area contributed by atoms with Gasteiger partial charge in [0, 0.05) is 30.4 Å². The van der Waals surface area contributed by atoms with Crippen LogP contribution in [0.2, 0.25) is 0 Å². The number of nitrogens with one attached hydrogen (secondary N) is 1. The van der Waals surface area contributed by atoms with E-state index in [0.717, 1.165) is 37.3 Å². The molecule has 1 saturated heterocycles. The Balaban J connectivity index is 1.40. The first kappa shape index (κ1) is 23.7. The molecule has 5 rings (SSSR count). The Morgan fingerprint density at radius 1 is 1.17 bits per heavy atom. The Hall–Kier alpha value is -3.98. The van der Waals surface area contributed by atoms with Crippen LogP contribution in [0.5, 0.6) is 5.75 Å². The van der Waals surface area contributed by atoms with Crippen LogP contribution in [0.1, 0.15) is 34.6 Å². The van der Waals surface area contributed by atoms with E-state index in [1.165, 1.54) is 13.2 Å². The molecule has 3 aromatic rings. The second-order valence-corrected chi connectivity index (χ2v) is 8.61. The third kappa shape index (κ3) is 5.16. The maximum Gasteiger partial charge on any atom is 0.277 e. The van der Waals surface area contributed by atoms with Crippen LogP contribution in [0.15, 0.2) is 60.8 Å². The molecule has 186 valence electrons. The fraction of sp³-hybridized carbons (Fsp3) is 0.296. The molecule has 0 spiro atoms. The number of anilines is 2. The Kier molecular flexibility index (Phi) is 7.08. The number of morpholine rings is 1. The molecule has 1 aromatic carbocycles. The predicted molar refractivity (Wildman–Crippen MR) is 136 cm³/mol. The summed E-state index contributed by atoms with van der Waals surface area (Å²) in [6, 6.07) is 10.2. The Bertz CT molecular complexity index is 1290. The number of aryl methyl sites for hydroxylation is 1. The first-order chi connectivity index (χ1) is 17.6. The van der Waals surface area contributed by atoms with Crippen LogP contribution in [-0.4, -0.2) is 54.1 Å². The second-order valence-electron chi connectivity index (χ2n) is 8.61. The van der Waals surface area contributed by atoms with Crippen LogP contribution in [0.25, 0.3) is 5.70 Å². The summed E-state index contributed by atoms with van der Waals surface area (Å²) < 4.78 is 27.2. The number of fused-ring (bicyclic) bond motifs is 1. The number of ether oxygens (including phenoxy) is 2. The summed E-state index contributed by atoms with van der Waals surface area (Å²) in [5.41, 5.74) is 2.99. The SMILES string of the molecule is COc1ccc(/C2=C/C=C\CCCc3cc(C(=O)Nc4ccc(N5CCOCC5)cn4)nn32)c(F)c1. The summed E-state index contributed by atoms with van der Waals surface area (Å²) in [5, 5.41) is 7.41. The maximum absolute atomic E-state index is 15.0. The average molecular weight is 490 g/mol. The number of hydrogen-bond acceptors (Lipinski definition) is 6. The molecular formula is C27H28FN5O3. The number of carbonyl (C=O) groups is 1. The minimum absolute atomic E-state index is 0.244. The van der Waals surface area contributed by atoms with E-state index in [2.05, 4.69) is 20.3 Å². The maximum atomic E-state index is 15.0. The van der Waals surface area contributed by atoms with Crippen molar-refractivity contribution >= 4 is 23.1 Å². The number of amides is 1. The van der Waals surface area contributed by atoms with Gasteiger partial charge < -0.3 is 19.7 Å². The van der Waals surface area contributed by atoms with Gasteiger partial charge in [0.25, 0.3) is 5.91 Å². The fourth-order valence-electron chi connectivity index (χ4n) is 4.33. The largest absolute Gasteiger partial charge is 0.497 e. The molecular weight excluding hydrogens is 461 g/mol. The Morgan fingerprint density at radius 2 is 2.03 bits per heavy atom. The number of aromatic nitrogens is 3. The number of carbonyl (C=O) groups excluding carboxylic acids is 1. The van der Waals surface area contributed by atoms with Gasteiger partial charge in [-0.25, -0.2) is 14.1 Å². The van der Waals surface area contributed by atoms with Gasteiger partial charge in [0.05, 0.1) is 37.9 Å². The molecule has 9 heteroatoms. The van der Waals surface area contributed by atoms with Crippen molar-refractivity contribution < 1.29 is 18.7 Å². The van der Waals surface area contributed by atoms with Crippen molar-refractivity contribution in [2.45, 2.75) is 19.3 Å². The minimum Gasteiger partial charge on any atom is -0.497 e. The summed E-state index contributed by atoms with van der Waals surface area (Å²) in [6.45, 7) is 3.01. The van der Waals surface area contributed by atoms with Crippen molar-refractivity contribution in [3.8, 4) is 5.75 Å². The van der Waals surface area contributed by atoms with Gasteiger partial charge in [0.15, 0.2) is 5.69 Å². The summed E-state index contributed by atoms with van der Waals surface area (Å²) >= 11 is 0. The van der Waals surface area contributed by atoms with Crippen molar-refractivity contribution in [1.29, 1.82) is 0 Å². The zero-order valence-electron chi connectivity index (χ0n) is 20.1. The standard InChI is InChI=1S/C27H28FN5O3/c1-35-21-9-10-22(23(28)17-21)25-7-5-3-2-4-6-19-16-24(31-33(19)25)27(34)30-26-11-8-20(18-29-26)32-12-14-36-15-13-32/h3,5,7-11,16-18H,2,4,6,12-15H2,1H3,(H,29,30,34)/b5-3-,25-7-. The summed E-state index contributed by atoms with van der Waals surface area (Å²) in [6.07, 6.45) is 9.98. The van der Waals surface area contributed by atoms with Gasteiger partial charge in [0.2, 0.25) is 0 Å². The van der Waals surface area contributed by atoms with Crippen LogP contribution in [0, 0.1) is 5.82 Å². The molecule has 8 nitrogen and oxygen atoms in total. The molecule has 1 amide bonds. The van der Waals surface area contributed by atoms with Crippen molar-refractivity contribution in [1.82, 2.24) is 14.8 Å². The minimum atomic E-state index is -0.426. The molecule has 2 aliphatic heterocycles. The molecule has 0 unspecified atom stereocenters. The van der Waals surface area contributed by atoms with E-state index in [4.69, 9.17) is 9.47 Å². The summed E-state index contributed by atoms with van der Waals surface area (Å²) in [5.74, 6) is 0.0755. The zero-order valence-corrected chi connectivity index (χ0v) is 20.1. The number of rotatable bonds is 5. The van der Waals surface area contributed by atoms with Crippen LogP contribution in [0.3, 0.4) is 0 Å². The van der Waals surface area contributed by atoms with Crippen molar-refractivity contribution in [3.63, 3.8) is 0 Å². The molecule has 36 heavy (non-hydrogen) atoms. The summed E-state index contributed by atoms with van der Waals surface area (Å²) in [4.78, 5) is 19.7. The molecule has 0 atom stereocenters. The van der Waals surface area contributed by atoms with Crippen LogP contribution in [0.4, 0.5) is 15.9 Å². The molecule has 0 bridgehead atoms. The lowest BCUT2D eigenvalue weighted by atomic mass is 10.1. The van der Waals surface area contributed by atoms with E-state index < -0.39 is 5.82 Å². The molecule has 4 heterocycles. The van der Waals surface area contributed by atoms with Crippen molar-refractivity contribution in [3.05, 3.63) is 83.6 Å². The quantitative estimate of drug-likeness (QED) is 0.576. The molecule has 0 saturated carbocycles. The van der Waals surface area contributed by atoms with Crippen LogP contribution in [-0.2, 0) is 11.2 Å². The molecule has 2 aromatic heterocycles. The highest BCUT2D eigenvalue weighted by Gasteiger charge is 2.20. The van der Waals surface area contributed by atoms with E-state index in [0.29, 0.717) is 42.5 Å². The van der Waals surface area contributed by atoms with Gasteiger partial charge in [-0.2, -0.15) is 5.10 Å². The Labute approximate surface area is 209 Å². The van der Waals surface area contributed by atoms with E-state index in [1.807, 2.05) is 24.3 Å². The zero-order chi connectivity index (χ0) is 24.9. The van der Waals surface area contributed by atoms with Gasteiger partial charge in [-0.1, -0.05) is 12.2 Å². The molecule has 0 aliphatic carbocycles. The van der Waals surface area contributed by atoms with E-state index in [-0.39, 0.29) is 11.6 Å². The topological polar surface area (TPSA) is 81.5 Å². The third-order valence-electron chi connectivity index (χ3n) is 6.26. The number of halogens is 1. The Morgan fingerprint density at radius 3 is 2.78 bits per heavy atom. The fourth-order valence-corrected chi connectivity index (χ4v) is 4.33. The number of allylic oxidation sites excluding steroid dienone is 3. The monoisotopic (exact) mass is 489 g/mol. The lowest BCUT2D eigenvalue weighted by molar-refractivity contribution is 0.102. The highest BCUT2D eigenvalue weighted by Crippen LogP contribution is 2.27. The molecule has 1 fully saturated rings. The lowest BCUT2D eigenvalue weighted by Crippen LogP contribution is -2.36. The van der Waals surface area contributed by atoms with E-state index >= 15 is 0 Å². The smallest absolute Gasteiger partial charge is 0.277 e. The molecule has 2 aliphatic rings. The third-order valence-corrected chi connectivity index (χ3v) is 6.26. The van der Waals surface area contributed by atoms with Gasteiger partial charge >= 0.3 is 0 Å². The predicted octanol–water partition coefficient (Wildman–Crippen LogP) is 4.30. The van der Waals surface area contributed by atoms with Crippen molar-refractivity contribution in [2.75, 3.05) is 43.6 Å². The van der Waals surface area contributed by atoms with E-state index in [9.17, 15) is 9.18 Å². The normalized spacial score (nSPS) is 18.2. The first-order valence-corrected chi connectivity index (χ1v) is 12.0. The van der Waals surface area contributed by atoms with E-state index in [1.54, 1.807) is 35.1 Å². The average Bonchev–Trinajstić information content (AvgIpc) is 3.36. The van der Waals surface area contributed by atoms with Gasteiger partial charge in [-0.05, 0) is 55.7 Å². The first-order valence-electron chi connectivity index (χ1n) is 12.0. The second kappa shape index (κ2) is 10.7. The number of hydrogen-bond donors (Lipinski definition) is 1. The van der Waals surface area contributed by atoms with Crippen molar-refractivity contribution in [2.24, 2.45) is 0 Å². The number of pyridine rings is 1. The number of benzene rings is 1. The summed E-state index contributed by atoms with van der Waals surface area (Å²) in [7, 11) is 1.50. The molecule has 1 N–H and O–H groups in total. The number of methoxy groups -OCH3 is 1. The van der Waals surface area contributed by atoms with Gasteiger partial charge in [-0.3, -0.25) is 4.79 Å². The highest BCUT2D eigenvalue weighted by molar-refractivity contribution is 6.02. The lowest BCUT2D eigenvalue weighted by Gasteiger charge is -2.28. The molecule has 0 radical (unpaired) electrons. The van der Waals surface area contributed by atoms with Gasteiger partial charge in [-0.15, -0.1) is 0 Å². The highest BCUT2D eigenvalue weighted by atomic mass is 19.1. The van der Waals surface area contributed by atoms with Gasteiger partial charge in [0.1, 0.15) is 17.4 Å². The number of nitrogens with zero attached hydrogens (tertiary/aromatic N) is 4. The van der Waals surface area contributed by atoms with Crippen LogP contribution >= 0.6 is 0 Å². The van der Waals surface area contributed by atoms with Crippen LogP contribution < -0.4 is 15.0 Å².